The molecule has 3 rings (SSSR count). The summed E-state index contributed by atoms with van der Waals surface area (Å²) in [4.78, 5) is 14.5. The topological polar surface area (TPSA) is 66.9 Å². The number of halogens is 2. The number of carbonyl (C=O) groups excluding carboxylic acids is 1. The van der Waals surface area contributed by atoms with E-state index < -0.39 is 10.0 Å². The molecule has 2 aromatic carbocycles. The highest BCUT2D eigenvalue weighted by atomic mass is 79.9. The largest absolute Gasteiger partial charge is 0.379 e. The Hall–Kier alpha value is -1.45. The lowest BCUT2D eigenvalue weighted by atomic mass is 10.1. The molecule has 0 unspecified atom stereocenters. The standard InChI is InChI=1S/C19H20BrClN2O4S/c1-13-3-4-14(11-18(13)28(25,26)23-7-9-27-10-8-23)19(24)22(2)17-6-5-15(20)12-16(17)21/h3-6,11-12H,7-10H2,1-2H3. The summed E-state index contributed by atoms with van der Waals surface area (Å²) in [5, 5.41) is 0.415. The van der Waals surface area contributed by atoms with E-state index in [4.69, 9.17) is 16.3 Å². The highest BCUT2D eigenvalue weighted by Gasteiger charge is 2.29. The Kier molecular flexibility index (Phi) is 6.46. The summed E-state index contributed by atoms with van der Waals surface area (Å²) < 4.78 is 33.5. The number of amides is 1. The molecule has 0 aromatic heterocycles. The van der Waals surface area contributed by atoms with Crippen molar-refractivity contribution in [3.63, 3.8) is 0 Å². The van der Waals surface area contributed by atoms with Crippen LogP contribution in [-0.2, 0) is 14.8 Å². The molecule has 2 aromatic rings. The maximum Gasteiger partial charge on any atom is 0.258 e. The van der Waals surface area contributed by atoms with E-state index in [9.17, 15) is 13.2 Å². The SMILES string of the molecule is Cc1ccc(C(=O)N(C)c2ccc(Br)cc2Cl)cc1S(=O)(=O)N1CCOCC1. The van der Waals surface area contributed by atoms with Gasteiger partial charge >= 0.3 is 0 Å². The Morgan fingerprint density at radius 1 is 1.18 bits per heavy atom. The first-order valence-electron chi connectivity index (χ1n) is 8.63. The number of aryl methyl sites for hydroxylation is 1. The van der Waals surface area contributed by atoms with E-state index in [1.807, 2.05) is 0 Å². The molecular weight excluding hydrogens is 468 g/mol. The number of benzene rings is 2. The third-order valence-electron chi connectivity index (χ3n) is 4.60. The van der Waals surface area contributed by atoms with Crippen molar-refractivity contribution < 1.29 is 17.9 Å². The van der Waals surface area contributed by atoms with Gasteiger partial charge < -0.3 is 9.64 Å². The molecule has 0 atom stereocenters. The van der Waals surface area contributed by atoms with E-state index in [0.29, 0.717) is 42.6 Å². The van der Waals surface area contributed by atoms with E-state index in [0.717, 1.165) is 4.47 Å². The summed E-state index contributed by atoms with van der Waals surface area (Å²) in [6.07, 6.45) is 0. The lowest BCUT2D eigenvalue weighted by molar-refractivity contribution is 0.0730. The van der Waals surface area contributed by atoms with Crippen molar-refractivity contribution >= 4 is 49.1 Å². The minimum atomic E-state index is -3.70. The summed E-state index contributed by atoms with van der Waals surface area (Å²) >= 11 is 9.58. The summed E-state index contributed by atoms with van der Waals surface area (Å²) in [7, 11) is -2.10. The number of sulfonamides is 1. The second-order valence-corrected chi connectivity index (χ2v) is 9.69. The second kappa shape index (κ2) is 8.51. The summed E-state index contributed by atoms with van der Waals surface area (Å²) in [6.45, 7) is 3.04. The first-order valence-corrected chi connectivity index (χ1v) is 11.2. The molecule has 1 fully saturated rings. The third kappa shape index (κ3) is 4.26. The molecule has 0 spiro atoms. The van der Waals surface area contributed by atoms with Crippen molar-refractivity contribution in [2.24, 2.45) is 0 Å². The van der Waals surface area contributed by atoms with Crippen molar-refractivity contribution in [3.8, 4) is 0 Å². The number of anilines is 1. The van der Waals surface area contributed by atoms with Gasteiger partial charge in [-0.25, -0.2) is 8.42 Å². The maximum atomic E-state index is 13.0. The van der Waals surface area contributed by atoms with Gasteiger partial charge in [-0.15, -0.1) is 0 Å². The van der Waals surface area contributed by atoms with Crippen LogP contribution in [0.3, 0.4) is 0 Å². The maximum absolute atomic E-state index is 13.0. The minimum Gasteiger partial charge on any atom is -0.379 e. The van der Waals surface area contributed by atoms with Crippen LogP contribution in [0.1, 0.15) is 15.9 Å². The Labute approximate surface area is 178 Å². The zero-order chi connectivity index (χ0) is 20.5. The van der Waals surface area contributed by atoms with E-state index in [1.165, 1.54) is 15.3 Å². The number of rotatable bonds is 4. The van der Waals surface area contributed by atoms with Crippen LogP contribution in [0, 0.1) is 6.92 Å². The van der Waals surface area contributed by atoms with Crippen molar-refractivity contribution in [3.05, 3.63) is 57.0 Å². The molecule has 28 heavy (non-hydrogen) atoms. The Morgan fingerprint density at radius 3 is 2.50 bits per heavy atom. The highest BCUT2D eigenvalue weighted by molar-refractivity contribution is 9.10. The highest BCUT2D eigenvalue weighted by Crippen LogP contribution is 2.30. The van der Waals surface area contributed by atoms with Gasteiger partial charge in [-0.3, -0.25) is 4.79 Å². The van der Waals surface area contributed by atoms with Gasteiger partial charge in [0, 0.05) is 30.2 Å². The number of hydrogen-bond donors (Lipinski definition) is 0. The summed E-state index contributed by atoms with van der Waals surface area (Å²) in [5.74, 6) is -0.345. The predicted octanol–water partition coefficient (Wildman–Crippen LogP) is 3.71. The van der Waals surface area contributed by atoms with E-state index in [-0.39, 0.29) is 16.4 Å². The van der Waals surface area contributed by atoms with Gasteiger partial charge in [-0.1, -0.05) is 33.6 Å². The fraction of sp³-hybridized carbons (Fsp3) is 0.316. The van der Waals surface area contributed by atoms with Crippen LogP contribution in [0.4, 0.5) is 5.69 Å². The lowest BCUT2D eigenvalue weighted by Gasteiger charge is -2.27. The zero-order valence-corrected chi connectivity index (χ0v) is 18.6. The monoisotopic (exact) mass is 486 g/mol. The predicted molar refractivity (Wildman–Crippen MR) is 113 cm³/mol. The van der Waals surface area contributed by atoms with E-state index in [2.05, 4.69) is 15.9 Å². The van der Waals surface area contributed by atoms with Crippen LogP contribution in [0.15, 0.2) is 45.8 Å². The molecule has 1 aliphatic rings. The van der Waals surface area contributed by atoms with Crippen LogP contribution >= 0.6 is 27.5 Å². The van der Waals surface area contributed by atoms with Crippen LogP contribution < -0.4 is 4.90 Å². The van der Waals surface area contributed by atoms with Gasteiger partial charge in [0.2, 0.25) is 10.0 Å². The molecule has 0 aliphatic carbocycles. The first kappa shape index (κ1) is 21.3. The Bertz CT molecular complexity index is 1010. The molecule has 1 amide bonds. The van der Waals surface area contributed by atoms with Crippen molar-refractivity contribution in [1.29, 1.82) is 0 Å². The number of morpholine rings is 1. The molecular formula is C19H20BrClN2O4S. The normalized spacial score (nSPS) is 15.4. The van der Waals surface area contributed by atoms with Gasteiger partial charge in [0.1, 0.15) is 0 Å². The molecule has 9 heteroatoms. The van der Waals surface area contributed by atoms with Gasteiger partial charge in [-0.2, -0.15) is 4.31 Å². The van der Waals surface area contributed by atoms with Crippen LogP contribution in [0.2, 0.25) is 5.02 Å². The number of carbonyl (C=O) groups is 1. The Balaban J connectivity index is 1.95. The molecule has 0 N–H and O–H groups in total. The molecule has 0 bridgehead atoms. The zero-order valence-electron chi connectivity index (χ0n) is 15.5. The second-order valence-electron chi connectivity index (χ2n) is 6.46. The van der Waals surface area contributed by atoms with Crippen LogP contribution in [0.5, 0.6) is 0 Å². The molecule has 1 aliphatic heterocycles. The molecule has 0 radical (unpaired) electrons. The lowest BCUT2D eigenvalue weighted by Crippen LogP contribution is -2.41. The molecule has 0 saturated carbocycles. The first-order chi connectivity index (χ1) is 13.2. The average Bonchev–Trinajstić information content (AvgIpc) is 2.68. The van der Waals surface area contributed by atoms with Gasteiger partial charge in [0.15, 0.2) is 0 Å². The Morgan fingerprint density at radius 2 is 1.86 bits per heavy atom. The van der Waals surface area contributed by atoms with Gasteiger partial charge in [-0.05, 0) is 42.8 Å². The smallest absolute Gasteiger partial charge is 0.258 e. The third-order valence-corrected chi connectivity index (χ3v) is 7.44. The number of nitrogens with zero attached hydrogens (tertiary/aromatic N) is 2. The minimum absolute atomic E-state index is 0.135. The van der Waals surface area contributed by atoms with Crippen molar-refractivity contribution in [2.75, 3.05) is 38.3 Å². The van der Waals surface area contributed by atoms with E-state index >= 15 is 0 Å². The average molecular weight is 488 g/mol. The van der Waals surface area contributed by atoms with Crippen molar-refractivity contribution in [2.45, 2.75) is 11.8 Å². The van der Waals surface area contributed by atoms with Crippen LogP contribution in [-0.4, -0.2) is 52.0 Å². The summed E-state index contributed by atoms with van der Waals surface area (Å²) in [5.41, 5.74) is 1.40. The number of hydrogen-bond acceptors (Lipinski definition) is 4. The fourth-order valence-corrected chi connectivity index (χ4v) is 5.45. The molecule has 150 valence electrons. The van der Waals surface area contributed by atoms with Crippen LogP contribution in [0.25, 0.3) is 0 Å². The molecule has 1 heterocycles. The molecule has 1 saturated heterocycles. The fourth-order valence-electron chi connectivity index (χ4n) is 2.99. The van der Waals surface area contributed by atoms with Crippen molar-refractivity contribution in [1.82, 2.24) is 4.31 Å². The number of ether oxygens (including phenoxy) is 1. The van der Waals surface area contributed by atoms with Gasteiger partial charge in [0.25, 0.3) is 5.91 Å². The summed E-state index contributed by atoms with van der Waals surface area (Å²) in [6, 6.07) is 9.92. The quantitative estimate of drug-likeness (QED) is 0.659. The van der Waals surface area contributed by atoms with E-state index in [1.54, 1.807) is 44.3 Å². The van der Waals surface area contributed by atoms with Gasteiger partial charge in [0.05, 0.1) is 28.8 Å². The molecule has 6 nitrogen and oxygen atoms in total.